The van der Waals surface area contributed by atoms with Crippen molar-refractivity contribution in [2.75, 3.05) is 0 Å². The molecule has 0 saturated carbocycles. The molecule has 0 aliphatic heterocycles. The van der Waals surface area contributed by atoms with Crippen molar-refractivity contribution in [1.29, 1.82) is 0 Å². The number of hydrogen-bond donors (Lipinski definition) is 0. The quantitative estimate of drug-likeness (QED) is 0.761. The van der Waals surface area contributed by atoms with E-state index in [9.17, 15) is 4.79 Å². The van der Waals surface area contributed by atoms with Gasteiger partial charge in [0.15, 0.2) is 5.78 Å². The lowest BCUT2D eigenvalue weighted by Crippen LogP contribution is -2.06. The minimum Gasteiger partial charge on any atom is -0.349 e. The van der Waals surface area contributed by atoms with Crippen LogP contribution in [0.4, 0.5) is 0 Å². The highest BCUT2D eigenvalue weighted by Crippen LogP contribution is 2.19. The fourth-order valence-corrected chi connectivity index (χ4v) is 2.29. The van der Waals surface area contributed by atoms with Gasteiger partial charge >= 0.3 is 0 Å². The number of ketones is 1. The number of halogens is 1. The Morgan fingerprint density at radius 3 is 2.68 bits per heavy atom. The Morgan fingerprint density at radius 2 is 2.05 bits per heavy atom. The molecule has 100 valence electrons. The Balaban J connectivity index is 2.18. The molecule has 0 bridgehead atoms. The van der Waals surface area contributed by atoms with Gasteiger partial charge in [-0.2, -0.15) is 0 Å². The predicted octanol–water partition coefficient (Wildman–Crippen LogP) is 4.34. The SMILES string of the molecule is Cc1ccc(Cn2ccc(C(=O)C(C)C)c2)c(Cl)c1. The van der Waals surface area contributed by atoms with Gasteiger partial charge in [0, 0.05) is 35.4 Å². The van der Waals surface area contributed by atoms with Crippen LogP contribution in [0.2, 0.25) is 5.02 Å². The van der Waals surface area contributed by atoms with Crippen molar-refractivity contribution in [3.05, 3.63) is 58.4 Å². The van der Waals surface area contributed by atoms with E-state index in [1.54, 1.807) is 0 Å². The Hall–Kier alpha value is -1.54. The molecule has 0 fully saturated rings. The molecule has 1 heterocycles. The van der Waals surface area contributed by atoms with Gasteiger partial charge in [-0.25, -0.2) is 0 Å². The molecule has 0 amide bonds. The van der Waals surface area contributed by atoms with E-state index < -0.39 is 0 Å². The fraction of sp³-hybridized carbons (Fsp3) is 0.312. The normalized spacial score (nSPS) is 11.0. The number of carbonyl (C=O) groups is 1. The molecular formula is C16H18ClNO. The molecule has 1 aromatic heterocycles. The van der Waals surface area contributed by atoms with Gasteiger partial charge in [0.1, 0.15) is 0 Å². The second kappa shape index (κ2) is 5.62. The molecule has 0 saturated heterocycles. The van der Waals surface area contributed by atoms with Crippen molar-refractivity contribution >= 4 is 17.4 Å². The van der Waals surface area contributed by atoms with Gasteiger partial charge in [-0.15, -0.1) is 0 Å². The number of nitrogens with zero attached hydrogens (tertiary/aromatic N) is 1. The number of aromatic nitrogens is 1. The third kappa shape index (κ3) is 3.27. The summed E-state index contributed by atoms with van der Waals surface area (Å²) in [4.78, 5) is 11.9. The van der Waals surface area contributed by atoms with Crippen LogP contribution in [0.1, 0.15) is 35.3 Å². The first-order chi connectivity index (χ1) is 8.97. The Labute approximate surface area is 119 Å². The summed E-state index contributed by atoms with van der Waals surface area (Å²) in [5.41, 5.74) is 2.97. The third-order valence-corrected chi connectivity index (χ3v) is 3.47. The van der Waals surface area contributed by atoms with E-state index in [-0.39, 0.29) is 11.7 Å². The predicted molar refractivity (Wildman–Crippen MR) is 78.9 cm³/mol. The van der Waals surface area contributed by atoms with Crippen LogP contribution in [-0.4, -0.2) is 10.4 Å². The van der Waals surface area contributed by atoms with E-state index >= 15 is 0 Å². The second-order valence-corrected chi connectivity index (χ2v) is 5.59. The Bertz CT molecular complexity index is 599. The van der Waals surface area contributed by atoms with Crippen molar-refractivity contribution in [3.8, 4) is 0 Å². The molecule has 2 aromatic rings. The summed E-state index contributed by atoms with van der Waals surface area (Å²) in [6, 6.07) is 7.90. The zero-order valence-corrected chi connectivity index (χ0v) is 12.2. The van der Waals surface area contributed by atoms with Gasteiger partial charge in [0.25, 0.3) is 0 Å². The summed E-state index contributed by atoms with van der Waals surface area (Å²) < 4.78 is 1.99. The Kier molecular flexibility index (Phi) is 4.11. The topological polar surface area (TPSA) is 22.0 Å². The number of aryl methyl sites for hydroxylation is 1. The van der Waals surface area contributed by atoms with Crippen molar-refractivity contribution < 1.29 is 4.79 Å². The molecule has 0 unspecified atom stereocenters. The fourth-order valence-electron chi connectivity index (χ4n) is 2.00. The lowest BCUT2D eigenvalue weighted by atomic mass is 10.0. The molecular weight excluding hydrogens is 258 g/mol. The number of rotatable bonds is 4. The molecule has 0 aliphatic carbocycles. The zero-order valence-electron chi connectivity index (χ0n) is 11.5. The molecule has 0 spiro atoms. The number of Topliss-reactive ketones (excluding diaryl/α,β-unsaturated/α-hetero) is 1. The maximum atomic E-state index is 11.9. The minimum absolute atomic E-state index is 0.0267. The lowest BCUT2D eigenvalue weighted by Gasteiger charge is -2.06. The molecule has 0 atom stereocenters. The van der Waals surface area contributed by atoms with Gasteiger partial charge < -0.3 is 4.57 Å². The second-order valence-electron chi connectivity index (χ2n) is 5.19. The van der Waals surface area contributed by atoms with Crippen LogP contribution in [-0.2, 0) is 6.54 Å². The summed E-state index contributed by atoms with van der Waals surface area (Å²) in [6.07, 6.45) is 3.81. The Morgan fingerprint density at radius 1 is 1.32 bits per heavy atom. The molecule has 0 radical (unpaired) electrons. The van der Waals surface area contributed by atoms with E-state index in [2.05, 4.69) is 0 Å². The number of hydrogen-bond acceptors (Lipinski definition) is 1. The summed E-state index contributed by atoms with van der Waals surface area (Å²) in [6.45, 7) is 6.53. The molecule has 2 rings (SSSR count). The van der Waals surface area contributed by atoms with E-state index in [0.29, 0.717) is 6.54 Å². The first-order valence-electron chi connectivity index (χ1n) is 6.42. The summed E-state index contributed by atoms with van der Waals surface area (Å²) in [5, 5.41) is 0.769. The van der Waals surface area contributed by atoms with Crippen LogP contribution in [0.15, 0.2) is 36.7 Å². The highest BCUT2D eigenvalue weighted by Gasteiger charge is 2.11. The van der Waals surface area contributed by atoms with Gasteiger partial charge in [-0.05, 0) is 30.2 Å². The molecule has 2 nitrogen and oxygen atoms in total. The van der Waals surface area contributed by atoms with E-state index in [1.165, 1.54) is 0 Å². The standard InChI is InChI=1S/C16H18ClNO/c1-11(2)16(19)14-6-7-18(10-14)9-13-5-4-12(3)8-15(13)17/h4-8,10-11H,9H2,1-3H3. The molecule has 0 N–H and O–H groups in total. The number of benzene rings is 1. The number of carbonyl (C=O) groups excluding carboxylic acids is 1. The van der Waals surface area contributed by atoms with Crippen molar-refractivity contribution in [2.24, 2.45) is 5.92 Å². The highest BCUT2D eigenvalue weighted by atomic mass is 35.5. The average Bonchev–Trinajstić information content (AvgIpc) is 2.80. The van der Waals surface area contributed by atoms with Crippen LogP contribution in [0.5, 0.6) is 0 Å². The van der Waals surface area contributed by atoms with E-state index in [1.807, 2.05) is 62.0 Å². The van der Waals surface area contributed by atoms with Crippen LogP contribution in [0, 0.1) is 12.8 Å². The molecule has 0 aliphatic rings. The van der Waals surface area contributed by atoms with Crippen molar-refractivity contribution in [2.45, 2.75) is 27.3 Å². The molecule has 19 heavy (non-hydrogen) atoms. The third-order valence-electron chi connectivity index (χ3n) is 3.12. The maximum absolute atomic E-state index is 11.9. The zero-order chi connectivity index (χ0) is 14.0. The van der Waals surface area contributed by atoms with Crippen molar-refractivity contribution in [3.63, 3.8) is 0 Å². The van der Waals surface area contributed by atoms with Crippen molar-refractivity contribution in [1.82, 2.24) is 4.57 Å². The summed E-state index contributed by atoms with van der Waals surface area (Å²) in [7, 11) is 0. The monoisotopic (exact) mass is 275 g/mol. The largest absolute Gasteiger partial charge is 0.349 e. The molecule has 1 aromatic carbocycles. The smallest absolute Gasteiger partial charge is 0.166 e. The van der Waals surface area contributed by atoms with Gasteiger partial charge in [0.2, 0.25) is 0 Å². The van der Waals surface area contributed by atoms with Crippen LogP contribution in [0.3, 0.4) is 0 Å². The summed E-state index contributed by atoms with van der Waals surface area (Å²) in [5.74, 6) is 0.201. The van der Waals surface area contributed by atoms with Gasteiger partial charge in [-0.1, -0.05) is 37.6 Å². The average molecular weight is 276 g/mol. The summed E-state index contributed by atoms with van der Waals surface area (Å²) >= 11 is 6.22. The van der Waals surface area contributed by atoms with Gasteiger partial charge in [0.05, 0.1) is 0 Å². The van der Waals surface area contributed by atoms with Crippen LogP contribution in [0.25, 0.3) is 0 Å². The van der Waals surface area contributed by atoms with Crippen LogP contribution < -0.4 is 0 Å². The van der Waals surface area contributed by atoms with E-state index in [4.69, 9.17) is 11.6 Å². The lowest BCUT2D eigenvalue weighted by molar-refractivity contribution is 0.0939. The first kappa shape index (κ1) is 13.9. The molecule has 3 heteroatoms. The van der Waals surface area contributed by atoms with E-state index in [0.717, 1.165) is 21.7 Å². The minimum atomic E-state index is 0.0267. The maximum Gasteiger partial charge on any atom is 0.166 e. The highest BCUT2D eigenvalue weighted by molar-refractivity contribution is 6.31. The van der Waals surface area contributed by atoms with Gasteiger partial charge in [-0.3, -0.25) is 4.79 Å². The van der Waals surface area contributed by atoms with Crippen LogP contribution >= 0.6 is 11.6 Å². The first-order valence-corrected chi connectivity index (χ1v) is 6.80.